The van der Waals surface area contributed by atoms with E-state index in [-0.39, 0.29) is 22.2 Å². The molecule has 2 heterocycles. The number of aromatic nitrogens is 1. The summed E-state index contributed by atoms with van der Waals surface area (Å²) in [5, 5.41) is 3.66. The normalized spacial score (nSPS) is 14.6. The van der Waals surface area contributed by atoms with E-state index in [2.05, 4.69) is 45.3 Å². The number of nitrogens with one attached hydrogen (secondary N) is 2. The van der Waals surface area contributed by atoms with Crippen molar-refractivity contribution in [2.45, 2.75) is 20.8 Å². The highest BCUT2D eigenvalue weighted by Gasteiger charge is 2.20. The highest BCUT2D eigenvalue weighted by molar-refractivity contribution is 5.98. The molecule has 32 heavy (non-hydrogen) atoms. The van der Waals surface area contributed by atoms with E-state index < -0.39 is 5.82 Å². The van der Waals surface area contributed by atoms with E-state index in [9.17, 15) is 9.18 Å². The van der Waals surface area contributed by atoms with Crippen LogP contribution < -0.4 is 21.5 Å². The molecule has 1 saturated heterocycles. The zero-order chi connectivity index (χ0) is 23.0. The molecule has 4 N–H and O–H groups in total. The van der Waals surface area contributed by atoms with Crippen LogP contribution in [0.1, 0.15) is 25.0 Å². The Morgan fingerprint density at radius 2 is 1.84 bits per heavy atom. The van der Waals surface area contributed by atoms with Crippen molar-refractivity contribution in [3.63, 3.8) is 0 Å². The van der Waals surface area contributed by atoms with Crippen molar-refractivity contribution in [2.24, 2.45) is 0 Å². The molecule has 0 aliphatic carbocycles. The summed E-state index contributed by atoms with van der Waals surface area (Å²) >= 11 is 0. The van der Waals surface area contributed by atoms with Gasteiger partial charge < -0.3 is 25.8 Å². The Morgan fingerprint density at radius 3 is 2.53 bits per heavy atom. The summed E-state index contributed by atoms with van der Waals surface area (Å²) in [5.74, 6) is -0.459. The summed E-state index contributed by atoms with van der Waals surface area (Å²) in [6, 6.07) is 10.9. The number of nitrogen functional groups attached to an aromatic ring is 1. The number of rotatable bonds is 4. The van der Waals surface area contributed by atoms with E-state index in [4.69, 9.17) is 5.73 Å². The van der Waals surface area contributed by atoms with Gasteiger partial charge in [0.05, 0.1) is 27.9 Å². The number of hydrogen-bond acceptors (Lipinski definition) is 5. The quantitative estimate of drug-likeness (QED) is 0.573. The SMILES string of the molecule is CC(C)=C(Nc1cc(N2CCN(C)CC2)ccc1C)c1c(N)c2c(F)cccc2[nH]c1=O. The van der Waals surface area contributed by atoms with Gasteiger partial charge >= 0.3 is 0 Å². The van der Waals surface area contributed by atoms with E-state index in [1.54, 1.807) is 12.1 Å². The van der Waals surface area contributed by atoms with Crippen LogP contribution in [0.5, 0.6) is 0 Å². The Morgan fingerprint density at radius 1 is 1.12 bits per heavy atom. The molecule has 4 rings (SSSR count). The first kappa shape index (κ1) is 21.9. The second-order valence-electron chi connectivity index (χ2n) is 8.69. The molecule has 3 aromatic rings. The Labute approximate surface area is 187 Å². The lowest BCUT2D eigenvalue weighted by atomic mass is 10.0. The zero-order valence-corrected chi connectivity index (χ0v) is 19.1. The number of piperazine rings is 1. The van der Waals surface area contributed by atoms with Gasteiger partial charge in [0.25, 0.3) is 5.56 Å². The number of likely N-dealkylation sites (N-methyl/N-ethyl adjacent to an activating group) is 1. The van der Waals surface area contributed by atoms with Crippen LogP contribution in [0.2, 0.25) is 0 Å². The number of aryl methyl sites for hydroxylation is 1. The number of anilines is 3. The van der Waals surface area contributed by atoms with E-state index in [1.807, 2.05) is 20.8 Å². The summed E-state index contributed by atoms with van der Waals surface area (Å²) in [4.78, 5) is 20.4. The standard InChI is InChI=1S/C25H30FN5O/c1-15(2)24(22-23(27)21-18(26)6-5-7-19(21)29-25(22)32)28-20-14-17(9-8-16(20)3)31-12-10-30(4)11-13-31/h5-9,14,28H,10-13H2,1-4H3,(H3,27,29,32). The van der Waals surface area contributed by atoms with Gasteiger partial charge in [-0.1, -0.05) is 17.7 Å². The molecule has 0 atom stereocenters. The van der Waals surface area contributed by atoms with Crippen molar-refractivity contribution in [1.82, 2.24) is 9.88 Å². The number of hydrogen-bond donors (Lipinski definition) is 3. The lowest BCUT2D eigenvalue weighted by Gasteiger charge is -2.34. The Hall–Kier alpha value is -3.32. The third kappa shape index (κ3) is 4.08. The fourth-order valence-electron chi connectivity index (χ4n) is 4.16. The van der Waals surface area contributed by atoms with Gasteiger partial charge in [-0.2, -0.15) is 0 Å². The van der Waals surface area contributed by atoms with Crippen molar-refractivity contribution in [3.8, 4) is 0 Å². The first-order valence-corrected chi connectivity index (χ1v) is 10.8. The van der Waals surface area contributed by atoms with Gasteiger partial charge in [0.2, 0.25) is 0 Å². The molecule has 2 aromatic carbocycles. The largest absolute Gasteiger partial charge is 0.397 e. The minimum atomic E-state index is -0.459. The van der Waals surface area contributed by atoms with Gasteiger partial charge in [0.1, 0.15) is 5.82 Å². The number of nitrogens with two attached hydrogens (primary N) is 1. The number of pyridine rings is 1. The summed E-state index contributed by atoms with van der Waals surface area (Å²) in [7, 11) is 2.13. The van der Waals surface area contributed by atoms with E-state index in [0.29, 0.717) is 11.2 Å². The second kappa shape index (κ2) is 8.67. The maximum Gasteiger partial charge on any atom is 0.259 e. The molecule has 1 aliphatic heterocycles. The van der Waals surface area contributed by atoms with Gasteiger partial charge in [0, 0.05) is 37.6 Å². The van der Waals surface area contributed by atoms with Crippen LogP contribution in [0.15, 0.2) is 46.8 Å². The highest BCUT2D eigenvalue weighted by Crippen LogP contribution is 2.32. The molecule has 0 spiro atoms. The van der Waals surface area contributed by atoms with Crippen LogP contribution in [0.4, 0.5) is 21.5 Å². The predicted octanol–water partition coefficient (Wildman–Crippen LogP) is 4.17. The topological polar surface area (TPSA) is 77.4 Å². The number of fused-ring (bicyclic) bond motifs is 1. The van der Waals surface area contributed by atoms with Gasteiger partial charge in [-0.05, 0) is 57.6 Å². The summed E-state index contributed by atoms with van der Waals surface area (Å²) in [6.07, 6.45) is 0. The van der Waals surface area contributed by atoms with E-state index in [0.717, 1.165) is 48.7 Å². The molecule has 0 saturated carbocycles. The number of halogens is 1. The molecular weight excluding hydrogens is 405 g/mol. The predicted molar refractivity (Wildman–Crippen MR) is 132 cm³/mol. The molecule has 168 valence electrons. The first-order valence-electron chi connectivity index (χ1n) is 10.8. The minimum Gasteiger partial charge on any atom is -0.397 e. The van der Waals surface area contributed by atoms with E-state index in [1.165, 1.54) is 6.07 Å². The first-order chi connectivity index (χ1) is 15.3. The van der Waals surface area contributed by atoms with Crippen LogP contribution in [-0.4, -0.2) is 43.1 Å². The lowest BCUT2D eigenvalue weighted by molar-refractivity contribution is 0.313. The smallest absolute Gasteiger partial charge is 0.259 e. The number of H-pyrrole nitrogens is 1. The number of allylic oxidation sites excluding steroid dienone is 1. The number of benzene rings is 2. The molecule has 0 unspecified atom stereocenters. The number of aromatic amines is 1. The molecule has 0 bridgehead atoms. The van der Waals surface area contributed by atoms with Crippen LogP contribution >= 0.6 is 0 Å². The lowest BCUT2D eigenvalue weighted by Crippen LogP contribution is -2.44. The van der Waals surface area contributed by atoms with Crippen LogP contribution in [0.3, 0.4) is 0 Å². The molecule has 6 nitrogen and oxygen atoms in total. The molecule has 1 fully saturated rings. The van der Waals surface area contributed by atoms with Crippen molar-refractivity contribution < 1.29 is 4.39 Å². The summed E-state index contributed by atoms with van der Waals surface area (Å²) in [5.41, 5.74) is 11.3. The minimum absolute atomic E-state index is 0.137. The third-order valence-corrected chi connectivity index (χ3v) is 6.13. The summed E-state index contributed by atoms with van der Waals surface area (Å²) < 4.78 is 14.6. The van der Waals surface area contributed by atoms with Gasteiger partial charge in [-0.15, -0.1) is 0 Å². The van der Waals surface area contributed by atoms with Crippen molar-refractivity contribution in [2.75, 3.05) is 49.2 Å². The Kier molecular flexibility index (Phi) is 5.93. The Bertz CT molecular complexity index is 1250. The maximum atomic E-state index is 14.6. The van der Waals surface area contributed by atoms with Crippen molar-refractivity contribution >= 4 is 33.7 Å². The number of nitrogens with zero attached hydrogens (tertiary/aromatic N) is 2. The van der Waals surface area contributed by atoms with Crippen molar-refractivity contribution in [3.05, 3.63) is 69.3 Å². The monoisotopic (exact) mass is 435 g/mol. The zero-order valence-electron chi connectivity index (χ0n) is 19.1. The van der Waals surface area contributed by atoms with Gasteiger partial charge in [-0.3, -0.25) is 4.79 Å². The fourth-order valence-corrected chi connectivity index (χ4v) is 4.16. The van der Waals surface area contributed by atoms with Crippen LogP contribution in [0, 0.1) is 12.7 Å². The van der Waals surface area contributed by atoms with Crippen molar-refractivity contribution in [1.29, 1.82) is 0 Å². The van der Waals surface area contributed by atoms with Gasteiger partial charge in [-0.25, -0.2) is 4.39 Å². The maximum absolute atomic E-state index is 14.6. The molecular formula is C25H30FN5O. The van der Waals surface area contributed by atoms with Crippen LogP contribution in [-0.2, 0) is 0 Å². The highest BCUT2D eigenvalue weighted by atomic mass is 19.1. The van der Waals surface area contributed by atoms with E-state index >= 15 is 0 Å². The van der Waals surface area contributed by atoms with Gasteiger partial charge in [0.15, 0.2) is 0 Å². The average Bonchev–Trinajstić information content (AvgIpc) is 2.74. The molecule has 1 aliphatic rings. The molecule has 0 radical (unpaired) electrons. The molecule has 7 heteroatoms. The summed E-state index contributed by atoms with van der Waals surface area (Å²) in [6.45, 7) is 9.80. The van der Waals surface area contributed by atoms with Crippen LogP contribution in [0.25, 0.3) is 16.6 Å². The molecule has 1 aromatic heterocycles. The Balaban J connectivity index is 1.77. The fraction of sp³-hybridized carbons (Fsp3) is 0.320. The second-order valence-corrected chi connectivity index (χ2v) is 8.69. The average molecular weight is 436 g/mol. The third-order valence-electron chi connectivity index (χ3n) is 6.13. The molecule has 0 amide bonds.